The molecular weight excluding hydrogens is 398 g/mol. The number of carbonyl (C=O) groups excluding carboxylic acids is 2. The fourth-order valence-electron chi connectivity index (χ4n) is 2.65. The third-order valence-corrected chi connectivity index (χ3v) is 5.83. The van der Waals surface area contributed by atoms with Gasteiger partial charge in [0.2, 0.25) is 15.9 Å². The van der Waals surface area contributed by atoms with E-state index >= 15 is 0 Å². The van der Waals surface area contributed by atoms with Gasteiger partial charge in [0.15, 0.2) is 6.10 Å². The number of methoxy groups -OCH3 is 1. The average Bonchev–Trinajstić information content (AvgIpc) is 2.68. The zero-order chi connectivity index (χ0) is 21.2. The lowest BCUT2D eigenvalue weighted by Crippen LogP contribution is -2.41. The Labute approximate surface area is 168 Å². The fourth-order valence-corrected chi connectivity index (χ4v) is 3.85. The summed E-state index contributed by atoms with van der Waals surface area (Å²) in [5.41, 5.74) is 0.820. The first-order valence-corrected chi connectivity index (χ1v) is 10.3. The second-order valence-electron chi connectivity index (χ2n) is 6.47. The molecule has 2 aromatic rings. The Morgan fingerprint density at radius 1 is 1.21 bits per heavy atom. The molecule has 29 heavy (non-hydrogen) atoms. The highest BCUT2D eigenvalue weighted by Gasteiger charge is 2.25. The van der Waals surface area contributed by atoms with Gasteiger partial charge < -0.3 is 20.1 Å². The Hall–Kier alpha value is -3.11. The topological polar surface area (TPSA) is 123 Å². The van der Waals surface area contributed by atoms with Crippen molar-refractivity contribution in [2.24, 2.45) is 0 Å². The van der Waals surface area contributed by atoms with Crippen molar-refractivity contribution in [1.29, 1.82) is 0 Å². The summed E-state index contributed by atoms with van der Waals surface area (Å²) in [4.78, 5) is 24.2. The number of hydrogen-bond donors (Lipinski definition) is 3. The molecule has 2 atom stereocenters. The minimum absolute atomic E-state index is 0.0145. The van der Waals surface area contributed by atoms with Gasteiger partial charge in [0.25, 0.3) is 5.91 Å². The number of anilines is 2. The van der Waals surface area contributed by atoms with Gasteiger partial charge in [-0.05, 0) is 56.3 Å². The molecule has 1 heterocycles. The van der Waals surface area contributed by atoms with Crippen LogP contribution in [0.2, 0.25) is 0 Å². The maximum Gasteiger partial charge on any atom is 0.265 e. The maximum atomic E-state index is 12.5. The van der Waals surface area contributed by atoms with Crippen LogP contribution in [0, 0.1) is 0 Å². The molecule has 2 amide bonds. The summed E-state index contributed by atoms with van der Waals surface area (Å²) in [6.45, 7) is 3.06. The molecule has 3 N–H and O–H groups in total. The lowest BCUT2D eigenvalue weighted by atomic mass is 10.2. The van der Waals surface area contributed by atoms with Crippen LogP contribution in [0.3, 0.4) is 0 Å². The summed E-state index contributed by atoms with van der Waals surface area (Å²) in [6.07, 6.45) is -0.602. The second-order valence-corrected chi connectivity index (χ2v) is 8.18. The van der Waals surface area contributed by atoms with E-state index < -0.39 is 28.1 Å². The Morgan fingerprint density at radius 3 is 2.55 bits per heavy atom. The average molecular weight is 419 g/mol. The molecule has 10 heteroatoms. The maximum absolute atomic E-state index is 12.5. The van der Waals surface area contributed by atoms with Gasteiger partial charge in [-0.3, -0.25) is 9.59 Å². The summed E-state index contributed by atoms with van der Waals surface area (Å²) in [6, 6.07) is 9.54. The number of rotatable bonds is 6. The van der Waals surface area contributed by atoms with Crippen LogP contribution >= 0.6 is 0 Å². The van der Waals surface area contributed by atoms with E-state index in [1.165, 1.54) is 38.3 Å². The molecule has 1 aliphatic heterocycles. The molecule has 9 nitrogen and oxygen atoms in total. The van der Waals surface area contributed by atoms with Gasteiger partial charge in [-0.25, -0.2) is 8.42 Å². The van der Waals surface area contributed by atoms with Gasteiger partial charge in [-0.1, -0.05) is 0 Å². The predicted octanol–water partition coefficient (Wildman–Crippen LogP) is 1.72. The second kappa shape index (κ2) is 8.10. The smallest absolute Gasteiger partial charge is 0.265 e. The van der Waals surface area contributed by atoms with Gasteiger partial charge in [0.1, 0.15) is 11.5 Å². The number of nitrogens with one attached hydrogen (secondary N) is 3. The SMILES string of the molecule is COc1ccc(S(=O)(=O)N[C@@H](C)C(=O)Nc2ccc3c(c2)NC(=O)[C@H](C)O3)cc1. The van der Waals surface area contributed by atoms with Crippen molar-refractivity contribution in [2.45, 2.75) is 30.9 Å². The third-order valence-electron chi connectivity index (χ3n) is 4.27. The van der Waals surface area contributed by atoms with Crippen molar-refractivity contribution < 1.29 is 27.5 Å². The molecule has 0 bridgehead atoms. The quantitative estimate of drug-likeness (QED) is 0.655. The summed E-state index contributed by atoms with van der Waals surface area (Å²) < 4.78 is 37.7. The van der Waals surface area contributed by atoms with Crippen LogP contribution in [-0.2, 0) is 19.6 Å². The summed E-state index contributed by atoms with van der Waals surface area (Å²) in [5.74, 6) is 0.163. The molecule has 0 aromatic heterocycles. The van der Waals surface area contributed by atoms with Gasteiger partial charge in [0.05, 0.1) is 23.7 Å². The zero-order valence-electron chi connectivity index (χ0n) is 16.1. The highest BCUT2D eigenvalue weighted by Crippen LogP contribution is 2.32. The van der Waals surface area contributed by atoms with E-state index in [4.69, 9.17) is 9.47 Å². The highest BCUT2D eigenvalue weighted by atomic mass is 32.2. The molecule has 2 aromatic carbocycles. The van der Waals surface area contributed by atoms with Gasteiger partial charge in [0, 0.05) is 5.69 Å². The number of fused-ring (bicyclic) bond motifs is 1. The molecule has 3 rings (SSSR count). The van der Waals surface area contributed by atoms with Crippen molar-refractivity contribution in [3.05, 3.63) is 42.5 Å². The molecule has 0 aliphatic carbocycles. The molecule has 0 saturated heterocycles. The number of sulfonamides is 1. The van der Waals surface area contributed by atoms with Crippen molar-refractivity contribution >= 4 is 33.2 Å². The van der Waals surface area contributed by atoms with Crippen molar-refractivity contribution in [1.82, 2.24) is 4.72 Å². The van der Waals surface area contributed by atoms with E-state index in [1.54, 1.807) is 25.1 Å². The molecule has 0 saturated carbocycles. The van der Waals surface area contributed by atoms with E-state index in [-0.39, 0.29) is 10.8 Å². The first kappa shape index (κ1) is 20.6. The minimum atomic E-state index is -3.89. The zero-order valence-corrected chi connectivity index (χ0v) is 16.9. The Bertz CT molecular complexity index is 1040. The molecule has 0 spiro atoms. The lowest BCUT2D eigenvalue weighted by molar-refractivity contribution is -0.122. The summed E-state index contributed by atoms with van der Waals surface area (Å²) in [5, 5.41) is 5.30. The highest BCUT2D eigenvalue weighted by molar-refractivity contribution is 7.89. The van der Waals surface area contributed by atoms with Crippen molar-refractivity contribution in [2.75, 3.05) is 17.7 Å². The third kappa shape index (κ3) is 4.66. The normalized spacial score (nSPS) is 16.8. The van der Waals surface area contributed by atoms with Gasteiger partial charge >= 0.3 is 0 Å². The van der Waals surface area contributed by atoms with Crippen LogP contribution in [0.15, 0.2) is 47.4 Å². The van der Waals surface area contributed by atoms with E-state index in [0.717, 1.165) is 0 Å². The van der Waals surface area contributed by atoms with Crippen LogP contribution in [0.5, 0.6) is 11.5 Å². The monoisotopic (exact) mass is 419 g/mol. The molecule has 1 aliphatic rings. The van der Waals surface area contributed by atoms with Crippen LogP contribution in [0.25, 0.3) is 0 Å². The molecule has 0 unspecified atom stereocenters. The fraction of sp³-hybridized carbons (Fsp3) is 0.263. The number of ether oxygens (including phenoxy) is 2. The predicted molar refractivity (Wildman–Crippen MR) is 107 cm³/mol. The molecule has 154 valence electrons. The number of carbonyl (C=O) groups is 2. The summed E-state index contributed by atoms with van der Waals surface area (Å²) >= 11 is 0. The van der Waals surface area contributed by atoms with Crippen LogP contribution in [-0.4, -0.2) is 39.5 Å². The lowest BCUT2D eigenvalue weighted by Gasteiger charge is -2.24. The molecule has 0 fully saturated rings. The molecular formula is C19H21N3O6S. The first-order valence-electron chi connectivity index (χ1n) is 8.78. The number of hydrogen-bond acceptors (Lipinski definition) is 6. The van der Waals surface area contributed by atoms with E-state index in [9.17, 15) is 18.0 Å². The van der Waals surface area contributed by atoms with Gasteiger partial charge in [-0.2, -0.15) is 4.72 Å². The Morgan fingerprint density at radius 2 is 1.90 bits per heavy atom. The Balaban J connectivity index is 1.67. The van der Waals surface area contributed by atoms with Crippen LogP contribution in [0.1, 0.15) is 13.8 Å². The Kier molecular flexibility index (Phi) is 5.76. The van der Waals surface area contributed by atoms with E-state index in [1.807, 2.05) is 0 Å². The summed E-state index contributed by atoms with van der Waals surface area (Å²) in [7, 11) is -2.41. The van der Waals surface area contributed by atoms with Crippen molar-refractivity contribution in [3.8, 4) is 11.5 Å². The van der Waals surface area contributed by atoms with Crippen LogP contribution in [0.4, 0.5) is 11.4 Å². The minimum Gasteiger partial charge on any atom is -0.497 e. The van der Waals surface area contributed by atoms with Crippen molar-refractivity contribution in [3.63, 3.8) is 0 Å². The van der Waals surface area contributed by atoms with Gasteiger partial charge in [-0.15, -0.1) is 0 Å². The van der Waals surface area contributed by atoms with Crippen LogP contribution < -0.4 is 24.8 Å². The van der Waals surface area contributed by atoms with E-state index in [2.05, 4.69) is 15.4 Å². The first-order chi connectivity index (χ1) is 13.7. The molecule has 0 radical (unpaired) electrons. The van der Waals surface area contributed by atoms with E-state index in [0.29, 0.717) is 22.9 Å². The number of amides is 2. The number of benzene rings is 2. The largest absolute Gasteiger partial charge is 0.497 e. The standard InChI is InChI=1S/C19H21N3O6S/c1-11(22-29(25,26)15-7-5-14(27-3)6-8-15)18(23)20-13-4-9-17-16(10-13)21-19(24)12(2)28-17/h4-12,22H,1-3H3,(H,20,23)(H,21,24)/t11-,12-/m0/s1.